The van der Waals surface area contributed by atoms with Crippen LogP contribution in [0.3, 0.4) is 0 Å². The first-order valence-corrected chi connectivity index (χ1v) is 7.73. The van der Waals surface area contributed by atoms with Crippen LogP contribution in [-0.2, 0) is 4.74 Å². The lowest BCUT2D eigenvalue weighted by atomic mass is 10.1. The van der Waals surface area contributed by atoms with Crippen molar-refractivity contribution >= 4 is 33.7 Å². The molecule has 0 saturated heterocycles. The number of imide groups is 1. The molecule has 0 aliphatic carbocycles. The summed E-state index contributed by atoms with van der Waals surface area (Å²) in [6.45, 7) is 0.284. The molecule has 0 atom stereocenters. The van der Waals surface area contributed by atoms with Crippen LogP contribution in [0.25, 0.3) is 0 Å². The molecule has 0 unspecified atom stereocenters. The number of fused-ring (bicyclic) bond motifs is 1. The summed E-state index contributed by atoms with van der Waals surface area (Å²) in [6, 6.07) is 8.07. The fraction of sp³-hybridized carbons (Fsp3) is 0.188. The van der Waals surface area contributed by atoms with Gasteiger partial charge in [0.05, 0.1) is 24.0 Å². The van der Waals surface area contributed by atoms with Crippen molar-refractivity contribution in [2.45, 2.75) is 6.42 Å². The molecule has 1 aliphatic heterocycles. The van der Waals surface area contributed by atoms with E-state index in [9.17, 15) is 14.4 Å². The Bertz CT molecular complexity index is 769. The van der Waals surface area contributed by atoms with E-state index in [1.54, 1.807) is 24.3 Å². The van der Waals surface area contributed by atoms with E-state index in [1.807, 2.05) is 0 Å². The number of furan rings is 1. The number of hydrogen-bond acceptors (Lipinski definition) is 5. The third-order valence-electron chi connectivity index (χ3n) is 3.41. The van der Waals surface area contributed by atoms with Crippen molar-refractivity contribution in [3.8, 4) is 0 Å². The van der Waals surface area contributed by atoms with E-state index < -0.39 is 5.97 Å². The topological polar surface area (TPSA) is 76.8 Å². The third-order valence-corrected chi connectivity index (χ3v) is 3.91. The average molecular weight is 378 g/mol. The lowest BCUT2D eigenvalue weighted by Crippen LogP contribution is -2.31. The Hall–Kier alpha value is -2.41. The van der Waals surface area contributed by atoms with Crippen molar-refractivity contribution in [2.24, 2.45) is 0 Å². The zero-order valence-electron chi connectivity index (χ0n) is 12.0. The molecule has 6 nitrogen and oxygen atoms in total. The maximum absolute atomic E-state index is 12.2. The Labute approximate surface area is 140 Å². The standard InChI is InChI=1S/C16H12BrNO5/c17-10-4-5-11-12(9-10)15(20)18(14(11)19)6-2-8-23-16(21)13-3-1-7-22-13/h1,3-5,7,9H,2,6,8H2. The highest BCUT2D eigenvalue weighted by molar-refractivity contribution is 9.10. The largest absolute Gasteiger partial charge is 0.460 e. The molecule has 1 aliphatic rings. The van der Waals surface area contributed by atoms with Gasteiger partial charge >= 0.3 is 5.97 Å². The Morgan fingerprint density at radius 1 is 1.17 bits per heavy atom. The summed E-state index contributed by atoms with van der Waals surface area (Å²) in [5.74, 6) is -1.10. The number of esters is 1. The lowest BCUT2D eigenvalue weighted by Gasteiger charge is -2.13. The van der Waals surface area contributed by atoms with E-state index in [0.717, 1.165) is 9.37 Å². The van der Waals surface area contributed by atoms with E-state index in [1.165, 1.54) is 12.3 Å². The van der Waals surface area contributed by atoms with E-state index in [2.05, 4.69) is 15.9 Å². The average Bonchev–Trinajstić information content (AvgIpc) is 3.14. The molecule has 0 bridgehead atoms. The molecule has 0 saturated carbocycles. The second-order valence-corrected chi connectivity index (χ2v) is 5.83. The van der Waals surface area contributed by atoms with Crippen LogP contribution >= 0.6 is 15.9 Å². The highest BCUT2D eigenvalue weighted by atomic mass is 79.9. The highest BCUT2D eigenvalue weighted by Crippen LogP contribution is 2.26. The Morgan fingerprint density at radius 3 is 2.70 bits per heavy atom. The van der Waals surface area contributed by atoms with Crippen LogP contribution in [0.1, 0.15) is 37.7 Å². The highest BCUT2D eigenvalue weighted by Gasteiger charge is 2.35. The maximum Gasteiger partial charge on any atom is 0.374 e. The van der Waals surface area contributed by atoms with Gasteiger partial charge in [-0.1, -0.05) is 15.9 Å². The normalized spacial score (nSPS) is 13.3. The number of benzene rings is 1. The SMILES string of the molecule is O=C(OCCCN1C(=O)c2ccc(Br)cc2C1=O)c1ccco1. The zero-order chi connectivity index (χ0) is 16.4. The first kappa shape index (κ1) is 15.5. The molecule has 2 amide bonds. The minimum atomic E-state index is -0.568. The Balaban J connectivity index is 1.55. The predicted octanol–water partition coefficient (Wildman–Crippen LogP) is 2.89. The van der Waals surface area contributed by atoms with Crippen LogP contribution in [0.15, 0.2) is 45.5 Å². The van der Waals surface area contributed by atoms with Crippen LogP contribution in [0.4, 0.5) is 0 Å². The van der Waals surface area contributed by atoms with Crippen molar-refractivity contribution in [3.63, 3.8) is 0 Å². The fourth-order valence-electron chi connectivity index (χ4n) is 2.32. The van der Waals surface area contributed by atoms with E-state index in [0.29, 0.717) is 17.5 Å². The summed E-state index contributed by atoms with van der Waals surface area (Å²) in [5, 5.41) is 0. The van der Waals surface area contributed by atoms with Gasteiger partial charge in [0, 0.05) is 11.0 Å². The van der Waals surface area contributed by atoms with Crippen LogP contribution in [0.2, 0.25) is 0 Å². The Kier molecular flexibility index (Phi) is 4.29. The molecule has 1 aromatic carbocycles. The number of amides is 2. The van der Waals surface area contributed by atoms with Gasteiger partial charge in [-0.2, -0.15) is 0 Å². The van der Waals surface area contributed by atoms with Gasteiger partial charge in [-0.15, -0.1) is 0 Å². The lowest BCUT2D eigenvalue weighted by molar-refractivity contribution is 0.0449. The number of carbonyl (C=O) groups is 3. The first-order valence-electron chi connectivity index (χ1n) is 6.94. The smallest absolute Gasteiger partial charge is 0.374 e. The van der Waals surface area contributed by atoms with Crippen LogP contribution in [-0.4, -0.2) is 35.8 Å². The molecule has 0 fully saturated rings. The van der Waals surface area contributed by atoms with Crippen molar-refractivity contribution in [3.05, 3.63) is 58.0 Å². The van der Waals surface area contributed by atoms with Crippen LogP contribution < -0.4 is 0 Å². The fourth-order valence-corrected chi connectivity index (χ4v) is 2.68. The van der Waals surface area contributed by atoms with Gasteiger partial charge in [-0.3, -0.25) is 14.5 Å². The molecule has 2 heterocycles. The maximum atomic E-state index is 12.2. The predicted molar refractivity (Wildman–Crippen MR) is 83.1 cm³/mol. The minimum absolute atomic E-state index is 0.0939. The number of hydrogen-bond donors (Lipinski definition) is 0. The van der Waals surface area contributed by atoms with Gasteiger partial charge in [0.25, 0.3) is 11.8 Å². The monoisotopic (exact) mass is 377 g/mol. The summed E-state index contributed by atoms with van der Waals surface area (Å²) in [4.78, 5) is 37.2. The van der Waals surface area contributed by atoms with E-state index >= 15 is 0 Å². The van der Waals surface area contributed by atoms with Crippen LogP contribution in [0, 0.1) is 0 Å². The summed E-state index contributed by atoms with van der Waals surface area (Å²) < 4.78 is 10.7. The van der Waals surface area contributed by atoms with Gasteiger partial charge < -0.3 is 9.15 Å². The molecule has 3 rings (SSSR count). The summed E-state index contributed by atoms with van der Waals surface area (Å²) in [7, 11) is 0. The second-order valence-electron chi connectivity index (χ2n) is 4.92. The van der Waals surface area contributed by atoms with Crippen molar-refractivity contribution < 1.29 is 23.5 Å². The quantitative estimate of drug-likeness (QED) is 0.454. The number of halogens is 1. The van der Waals surface area contributed by atoms with Gasteiger partial charge in [0.1, 0.15) is 0 Å². The van der Waals surface area contributed by atoms with E-state index in [-0.39, 0.29) is 30.7 Å². The molecule has 0 N–H and O–H groups in total. The second kappa shape index (κ2) is 6.37. The van der Waals surface area contributed by atoms with Crippen molar-refractivity contribution in [1.29, 1.82) is 0 Å². The molecule has 1 aromatic heterocycles. The summed E-state index contributed by atoms with van der Waals surface area (Å²) in [5.41, 5.74) is 0.780. The van der Waals surface area contributed by atoms with Gasteiger partial charge in [-0.05, 0) is 36.8 Å². The Morgan fingerprint density at radius 2 is 1.96 bits per heavy atom. The number of carbonyl (C=O) groups excluding carboxylic acids is 3. The third kappa shape index (κ3) is 3.05. The molecule has 0 radical (unpaired) electrons. The first-order chi connectivity index (χ1) is 11.1. The molecule has 118 valence electrons. The van der Waals surface area contributed by atoms with Gasteiger partial charge in [0.2, 0.25) is 5.76 Å². The van der Waals surface area contributed by atoms with Gasteiger partial charge in [-0.25, -0.2) is 4.79 Å². The molecular weight excluding hydrogens is 366 g/mol. The van der Waals surface area contributed by atoms with Gasteiger partial charge in [0.15, 0.2) is 0 Å². The number of rotatable bonds is 5. The number of nitrogens with zero attached hydrogens (tertiary/aromatic N) is 1. The summed E-state index contributed by atoms with van der Waals surface area (Å²) >= 11 is 3.28. The van der Waals surface area contributed by atoms with Crippen molar-refractivity contribution in [2.75, 3.05) is 13.2 Å². The molecule has 7 heteroatoms. The molecule has 2 aromatic rings. The zero-order valence-corrected chi connectivity index (χ0v) is 13.5. The molecular formula is C16H12BrNO5. The van der Waals surface area contributed by atoms with Crippen molar-refractivity contribution in [1.82, 2.24) is 4.90 Å². The molecule has 23 heavy (non-hydrogen) atoms. The minimum Gasteiger partial charge on any atom is -0.460 e. The molecule has 0 spiro atoms. The van der Waals surface area contributed by atoms with Crippen LogP contribution in [0.5, 0.6) is 0 Å². The summed E-state index contributed by atoms with van der Waals surface area (Å²) in [6.07, 6.45) is 1.74. The van der Waals surface area contributed by atoms with E-state index in [4.69, 9.17) is 9.15 Å². The number of ether oxygens (including phenoxy) is 1.